The van der Waals surface area contributed by atoms with Crippen LogP contribution in [-0.4, -0.2) is 27.0 Å². The topological polar surface area (TPSA) is 73.2 Å². The van der Waals surface area contributed by atoms with E-state index in [1.54, 1.807) is 0 Å². The van der Waals surface area contributed by atoms with Crippen molar-refractivity contribution < 1.29 is 14.3 Å². The molecule has 0 unspecified atom stereocenters. The van der Waals surface area contributed by atoms with Gasteiger partial charge in [0, 0.05) is 46.5 Å². The van der Waals surface area contributed by atoms with Gasteiger partial charge in [-0.3, -0.25) is 9.78 Å². The molecule has 2 aromatic heterocycles. The molecule has 230 valence electrons. The van der Waals surface area contributed by atoms with E-state index in [9.17, 15) is 9.59 Å². The quantitative estimate of drug-likeness (QED) is 0.181. The van der Waals surface area contributed by atoms with Gasteiger partial charge in [-0.1, -0.05) is 48.5 Å². The van der Waals surface area contributed by atoms with Gasteiger partial charge in [0.2, 0.25) is 0 Å². The fourth-order valence-corrected chi connectivity index (χ4v) is 5.87. The largest absolute Gasteiger partial charge is 0.456 e. The number of ether oxygens (including phenoxy) is 1. The van der Waals surface area contributed by atoms with Crippen LogP contribution in [0.3, 0.4) is 0 Å². The number of pyridine rings is 1. The van der Waals surface area contributed by atoms with E-state index in [-0.39, 0.29) is 17.9 Å². The average molecular weight is 600 g/mol. The summed E-state index contributed by atoms with van der Waals surface area (Å²) in [4.78, 5) is 30.8. The van der Waals surface area contributed by atoms with Gasteiger partial charge in [0.1, 0.15) is 5.60 Å². The zero-order valence-corrected chi connectivity index (χ0v) is 27.0. The molecule has 1 N–H and O–H groups in total. The maximum atomic E-state index is 13.3. The molecule has 0 radical (unpaired) electrons. The molecule has 0 bridgehead atoms. The number of rotatable bonds is 8. The van der Waals surface area contributed by atoms with E-state index in [0.29, 0.717) is 23.6 Å². The number of aryl methyl sites for hydroxylation is 1. The molecule has 0 saturated heterocycles. The zero-order chi connectivity index (χ0) is 31.9. The average Bonchev–Trinajstić information content (AvgIpc) is 3.85. The van der Waals surface area contributed by atoms with Crippen molar-refractivity contribution in [2.45, 2.75) is 78.5 Å². The molecule has 0 aliphatic heterocycles. The number of benzene rings is 3. The lowest BCUT2D eigenvalue weighted by Gasteiger charge is -2.20. The Morgan fingerprint density at radius 1 is 0.978 bits per heavy atom. The van der Waals surface area contributed by atoms with Crippen molar-refractivity contribution in [3.8, 4) is 11.1 Å². The summed E-state index contributed by atoms with van der Waals surface area (Å²) in [6.07, 6.45) is 4.34. The smallest absolute Gasteiger partial charge is 0.339 e. The number of aromatic nitrogens is 2. The number of nitrogens with zero attached hydrogens (tertiary/aromatic N) is 2. The molecule has 1 fully saturated rings. The maximum Gasteiger partial charge on any atom is 0.339 e. The van der Waals surface area contributed by atoms with Crippen LogP contribution in [0.25, 0.3) is 22.0 Å². The van der Waals surface area contributed by atoms with Crippen LogP contribution in [0.1, 0.15) is 101 Å². The van der Waals surface area contributed by atoms with E-state index in [1.807, 2.05) is 76.4 Å². The predicted molar refractivity (Wildman–Crippen MR) is 180 cm³/mol. The molecule has 1 amide bonds. The van der Waals surface area contributed by atoms with Crippen molar-refractivity contribution in [3.05, 3.63) is 124 Å². The van der Waals surface area contributed by atoms with Crippen LogP contribution < -0.4 is 5.32 Å². The molecule has 45 heavy (non-hydrogen) atoms. The van der Waals surface area contributed by atoms with Crippen molar-refractivity contribution in [3.63, 3.8) is 0 Å². The lowest BCUT2D eigenvalue weighted by Crippen LogP contribution is -2.26. The molecule has 0 spiro atoms. The molecule has 6 heteroatoms. The molecule has 1 atom stereocenters. The summed E-state index contributed by atoms with van der Waals surface area (Å²) in [7, 11) is 0. The third kappa shape index (κ3) is 6.56. The van der Waals surface area contributed by atoms with Gasteiger partial charge in [0.25, 0.3) is 5.91 Å². The Morgan fingerprint density at radius 3 is 2.38 bits per heavy atom. The van der Waals surface area contributed by atoms with Gasteiger partial charge in [-0.05, 0) is 113 Å². The van der Waals surface area contributed by atoms with Crippen molar-refractivity contribution in [2.24, 2.45) is 0 Å². The van der Waals surface area contributed by atoms with Crippen LogP contribution in [0, 0.1) is 13.8 Å². The number of esters is 1. The number of hydrogen-bond acceptors (Lipinski definition) is 4. The van der Waals surface area contributed by atoms with Crippen LogP contribution in [0.2, 0.25) is 0 Å². The van der Waals surface area contributed by atoms with Gasteiger partial charge < -0.3 is 14.6 Å². The van der Waals surface area contributed by atoms with Crippen LogP contribution in [0.4, 0.5) is 0 Å². The number of carbonyl (C=O) groups excluding carboxylic acids is 2. The second-order valence-corrected chi connectivity index (χ2v) is 13.3. The van der Waals surface area contributed by atoms with Crippen molar-refractivity contribution in [1.82, 2.24) is 14.9 Å². The Morgan fingerprint density at radius 2 is 1.71 bits per heavy atom. The summed E-state index contributed by atoms with van der Waals surface area (Å²) in [5.74, 6) is 0.194. The molecule has 5 aromatic rings. The third-order valence-electron chi connectivity index (χ3n) is 8.71. The second-order valence-electron chi connectivity index (χ2n) is 13.3. The zero-order valence-electron chi connectivity index (χ0n) is 27.0. The van der Waals surface area contributed by atoms with Crippen molar-refractivity contribution in [1.29, 1.82) is 0 Å². The predicted octanol–water partition coefficient (Wildman–Crippen LogP) is 8.69. The first-order chi connectivity index (χ1) is 21.5. The Labute approximate surface area is 265 Å². The molecule has 1 aliphatic carbocycles. The minimum atomic E-state index is -0.563. The number of fused-ring (bicyclic) bond motifs is 1. The summed E-state index contributed by atoms with van der Waals surface area (Å²) in [5, 5.41) is 4.22. The summed E-state index contributed by atoms with van der Waals surface area (Å²) in [6.45, 7) is 12.6. The van der Waals surface area contributed by atoms with Crippen molar-refractivity contribution in [2.75, 3.05) is 0 Å². The fourth-order valence-electron chi connectivity index (χ4n) is 5.87. The van der Waals surface area contributed by atoms with Gasteiger partial charge in [-0.15, -0.1) is 0 Å². The van der Waals surface area contributed by atoms with E-state index in [2.05, 4.69) is 65.1 Å². The Kier molecular flexibility index (Phi) is 8.08. The maximum absolute atomic E-state index is 13.3. The summed E-state index contributed by atoms with van der Waals surface area (Å²) < 4.78 is 7.95. The minimum absolute atomic E-state index is 0.0947. The highest BCUT2D eigenvalue weighted by molar-refractivity contribution is 5.99. The molecule has 3 aromatic carbocycles. The number of nitrogens with one attached hydrogen (secondary N) is 1. The third-order valence-corrected chi connectivity index (χ3v) is 8.71. The van der Waals surface area contributed by atoms with Gasteiger partial charge in [-0.2, -0.15) is 0 Å². The Hall–Kier alpha value is -4.71. The number of amides is 1. The van der Waals surface area contributed by atoms with Gasteiger partial charge >= 0.3 is 5.97 Å². The number of carbonyl (C=O) groups is 2. The second kappa shape index (κ2) is 12.0. The highest BCUT2D eigenvalue weighted by atomic mass is 16.6. The summed E-state index contributed by atoms with van der Waals surface area (Å²) in [6, 6.07) is 25.9. The van der Waals surface area contributed by atoms with Crippen molar-refractivity contribution >= 4 is 22.8 Å². The minimum Gasteiger partial charge on any atom is -0.456 e. The van der Waals surface area contributed by atoms with Gasteiger partial charge in [-0.25, -0.2) is 4.79 Å². The van der Waals surface area contributed by atoms with E-state index in [0.717, 1.165) is 50.1 Å². The first kappa shape index (κ1) is 30.3. The summed E-state index contributed by atoms with van der Waals surface area (Å²) in [5.41, 5.74) is 9.17. The molecule has 1 aliphatic rings. The highest BCUT2D eigenvalue weighted by Crippen LogP contribution is 2.39. The van der Waals surface area contributed by atoms with Gasteiger partial charge in [0.15, 0.2) is 0 Å². The fraction of sp³-hybridized carbons (Fsp3) is 0.308. The molecular formula is C39H41N3O3. The Balaban J connectivity index is 1.19. The summed E-state index contributed by atoms with van der Waals surface area (Å²) >= 11 is 0. The Bertz CT molecular complexity index is 1870. The van der Waals surface area contributed by atoms with Crippen LogP contribution in [-0.2, 0) is 11.3 Å². The van der Waals surface area contributed by atoms with Gasteiger partial charge in [0.05, 0.1) is 11.6 Å². The molecule has 6 nitrogen and oxygen atoms in total. The monoisotopic (exact) mass is 599 g/mol. The van der Waals surface area contributed by atoms with Crippen LogP contribution in [0.15, 0.2) is 85.1 Å². The first-order valence-corrected chi connectivity index (χ1v) is 15.8. The lowest BCUT2D eigenvalue weighted by molar-refractivity contribution is 0.00703. The molecular weight excluding hydrogens is 558 g/mol. The standard InChI is InChI=1S/C39H41N3O3/c1-24-26(3)42(23-27-11-13-28(14-12-27)32-9-7-8-10-33(32)38(44)45-39(4,5)6)36-20-18-30(21-34(24)36)37(43)41-25(2)31-17-19-35(40-22-31)29-15-16-29/h7-14,17-22,25,29H,15-16,23H2,1-6H3,(H,41,43)/t25-/m1/s1. The first-order valence-electron chi connectivity index (χ1n) is 15.8. The van der Waals surface area contributed by atoms with E-state index in [1.165, 1.54) is 12.8 Å². The lowest BCUT2D eigenvalue weighted by atomic mass is 9.98. The van der Waals surface area contributed by atoms with E-state index in [4.69, 9.17) is 4.74 Å². The molecule has 6 rings (SSSR count). The van der Waals surface area contributed by atoms with Crippen LogP contribution in [0.5, 0.6) is 0 Å². The van der Waals surface area contributed by atoms with E-state index < -0.39 is 5.60 Å². The number of hydrogen-bond donors (Lipinski definition) is 1. The van der Waals surface area contributed by atoms with E-state index >= 15 is 0 Å². The molecule has 1 saturated carbocycles. The molecule has 2 heterocycles. The SMILES string of the molecule is Cc1c(C)n(Cc2ccc(-c3ccccc3C(=O)OC(C)(C)C)cc2)c2ccc(C(=O)N[C@H](C)c3ccc(C4CC4)nc3)cc12. The van der Waals surface area contributed by atoms with Crippen LogP contribution >= 0.6 is 0 Å². The normalized spacial score (nSPS) is 13.9. The highest BCUT2D eigenvalue weighted by Gasteiger charge is 2.25.